The molecule has 2 fully saturated rings. The highest BCUT2D eigenvalue weighted by Gasteiger charge is 2.52. The van der Waals surface area contributed by atoms with E-state index in [0.29, 0.717) is 12.3 Å². The lowest BCUT2D eigenvalue weighted by atomic mass is 9.72. The van der Waals surface area contributed by atoms with Gasteiger partial charge < -0.3 is 10.4 Å². The second-order valence-electron chi connectivity index (χ2n) is 5.18. The number of amides is 1. The minimum Gasteiger partial charge on any atom is -0.508 e. The van der Waals surface area contributed by atoms with Crippen LogP contribution in [0.2, 0.25) is 0 Å². The van der Waals surface area contributed by atoms with Gasteiger partial charge in [-0.1, -0.05) is 31.0 Å². The number of hydrogen-bond donors (Lipinski definition) is 2. The minimum absolute atomic E-state index is 0.138. The maximum Gasteiger partial charge on any atom is 0.226 e. The normalized spacial score (nSPS) is 26.4. The van der Waals surface area contributed by atoms with Crippen molar-refractivity contribution in [2.45, 2.75) is 31.6 Å². The number of hydrogen-bond acceptors (Lipinski definition) is 2. The van der Waals surface area contributed by atoms with Gasteiger partial charge in [0.1, 0.15) is 5.75 Å². The number of phenolic OH excluding ortho intramolecular Hbond substituents is 1. The van der Waals surface area contributed by atoms with Gasteiger partial charge in [0.25, 0.3) is 0 Å². The van der Waals surface area contributed by atoms with E-state index in [-0.39, 0.29) is 17.2 Å². The average molecular weight is 231 g/mol. The molecule has 0 bridgehead atoms. The summed E-state index contributed by atoms with van der Waals surface area (Å²) < 4.78 is 0. The largest absolute Gasteiger partial charge is 0.508 e. The van der Waals surface area contributed by atoms with Crippen molar-refractivity contribution in [1.29, 1.82) is 0 Å². The van der Waals surface area contributed by atoms with Crippen molar-refractivity contribution in [2.24, 2.45) is 5.41 Å². The van der Waals surface area contributed by atoms with Gasteiger partial charge in [-0.2, -0.15) is 0 Å². The topological polar surface area (TPSA) is 49.3 Å². The predicted molar refractivity (Wildman–Crippen MR) is 64.8 cm³/mol. The first-order chi connectivity index (χ1) is 8.24. The highest BCUT2D eigenvalue weighted by Crippen LogP contribution is 2.52. The second-order valence-corrected chi connectivity index (χ2v) is 5.18. The molecule has 2 aliphatic rings. The van der Waals surface area contributed by atoms with Gasteiger partial charge in [0.05, 0.1) is 5.41 Å². The van der Waals surface area contributed by atoms with Crippen LogP contribution in [-0.2, 0) is 4.79 Å². The Morgan fingerprint density at radius 3 is 2.65 bits per heavy atom. The van der Waals surface area contributed by atoms with Crippen molar-refractivity contribution < 1.29 is 9.90 Å². The molecule has 90 valence electrons. The summed E-state index contributed by atoms with van der Waals surface area (Å²) in [5.41, 5.74) is 0.673. The molecule has 0 radical (unpaired) electrons. The first-order valence-electron chi connectivity index (χ1n) is 6.30. The summed E-state index contributed by atoms with van der Waals surface area (Å²) in [6.45, 7) is 0.663. The lowest BCUT2D eigenvalue weighted by Crippen LogP contribution is -2.31. The van der Waals surface area contributed by atoms with E-state index in [1.54, 1.807) is 6.07 Å². The Hall–Kier alpha value is -1.51. The molecular weight excluding hydrogens is 214 g/mol. The van der Waals surface area contributed by atoms with Gasteiger partial charge >= 0.3 is 0 Å². The van der Waals surface area contributed by atoms with Gasteiger partial charge in [0, 0.05) is 12.5 Å². The van der Waals surface area contributed by atoms with Crippen molar-refractivity contribution in [1.82, 2.24) is 5.32 Å². The van der Waals surface area contributed by atoms with Crippen LogP contribution in [-0.4, -0.2) is 17.6 Å². The summed E-state index contributed by atoms with van der Waals surface area (Å²) in [4.78, 5) is 12.1. The minimum atomic E-state index is -0.251. The lowest BCUT2D eigenvalue weighted by molar-refractivity contribution is -0.127. The third-order valence-electron chi connectivity index (χ3n) is 4.39. The number of benzene rings is 1. The molecule has 1 aliphatic heterocycles. The maximum atomic E-state index is 12.1. The van der Waals surface area contributed by atoms with E-state index in [4.69, 9.17) is 0 Å². The third-order valence-corrected chi connectivity index (χ3v) is 4.39. The Morgan fingerprint density at radius 2 is 1.94 bits per heavy atom. The van der Waals surface area contributed by atoms with Crippen LogP contribution in [0.15, 0.2) is 24.3 Å². The molecule has 17 heavy (non-hydrogen) atoms. The van der Waals surface area contributed by atoms with Crippen LogP contribution < -0.4 is 5.32 Å². The molecule has 1 aliphatic carbocycles. The van der Waals surface area contributed by atoms with Crippen molar-refractivity contribution in [3.05, 3.63) is 29.8 Å². The molecule has 1 heterocycles. The fraction of sp³-hybridized carbons (Fsp3) is 0.500. The molecule has 1 amide bonds. The quantitative estimate of drug-likeness (QED) is 0.778. The van der Waals surface area contributed by atoms with Gasteiger partial charge in [-0.3, -0.25) is 4.79 Å². The Balaban J connectivity index is 2.03. The average Bonchev–Trinajstić information content (AvgIpc) is 2.92. The Labute approximate surface area is 101 Å². The summed E-state index contributed by atoms with van der Waals surface area (Å²) in [5.74, 6) is 0.641. The molecular formula is C14H17NO2. The molecule has 3 rings (SSSR count). The van der Waals surface area contributed by atoms with Gasteiger partial charge in [-0.25, -0.2) is 0 Å². The standard InChI is InChI=1S/C14H17NO2/c16-12-6-2-1-5-10(12)11-9-15-13(17)14(11)7-3-4-8-14/h1-2,5-6,11,16H,3-4,7-9H2,(H,15,17)/t11-/m0/s1. The molecule has 0 aromatic heterocycles. The lowest BCUT2D eigenvalue weighted by Gasteiger charge is -2.28. The van der Waals surface area contributed by atoms with E-state index >= 15 is 0 Å². The van der Waals surface area contributed by atoms with Crippen molar-refractivity contribution >= 4 is 5.91 Å². The van der Waals surface area contributed by atoms with Crippen LogP contribution in [0.4, 0.5) is 0 Å². The van der Waals surface area contributed by atoms with E-state index < -0.39 is 0 Å². The molecule has 0 unspecified atom stereocenters. The molecule has 1 aromatic rings. The maximum absolute atomic E-state index is 12.1. The van der Waals surface area contributed by atoms with Gasteiger partial charge in [0.15, 0.2) is 0 Å². The first kappa shape index (κ1) is 10.6. The van der Waals surface area contributed by atoms with Crippen LogP contribution in [0, 0.1) is 5.41 Å². The Bertz CT molecular complexity index is 449. The molecule has 2 N–H and O–H groups in total. The Kier molecular flexibility index (Phi) is 2.35. The number of aromatic hydroxyl groups is 1. The van der Waals surface area contributed by atoms with Crippen LogP contribution in [0.5, 0.6) is 5.75 Å². The fourth-order valence-electron chi connectivity index (χ4n) is 3.50. The molecule has 1 atom stereocenters. The SMILES string of the molecule is O=C1NC[C@@H](c2ccccc2O)C12CCCC2. The predicted octanol–water partition coefficient (Wildman–Crippen LogP) is 2.17. The zero-order chi connectivity index (χ0) is 11.9. The van der Waals surface area contributed by atoms with Gasteiger partial charge in [0.2, 0.25) is 5.91 Å². The van der Waals surface area contributed by atoms with Crippen LogP contribution >= 0.6 is 0 Å². The summed E-state index contributed by atoms with van der Waals surface area (Å²) >= 11 is 0. The number of carbonyl (C=O) groups is 1. The second kappa shape index (κ2) is 3.76. The fourth-order valence-corrected chi connectivity index (χ4v) is 3.50. The first-order valence-corrected chi connectivity index (χ1v) is 6.30. The summed E-state index contributed by atoms with van der Waals surface area (Å²) in [7, 11) is 0. The van der Waals surface area contributed by atoms with Crippen LogP contribution in [0.3, 0.4) is 0 Å². The van der Waals surface area contributed by atoms with Crippen molar-refractivity contribution in [2.75, 3.05) is 6.54 Å². The number of nitrogens with one attached hydrogen (secondary N) is 1. The summed E-state index contributed by atoms with van der Waals surface area (Å²) in [5, 5.41) is 12.9. The van der Waals surface area contributed by atoms with Crippen LogP contribution in [0.1, 0.15) is 37.2 Å². The van der Waals surface area contributed by atoms with Crippen LogP contribution in [0.25, 0.3) is 0 Å². The molecule has 3 heteroatoms. The van der Waals surface area contributed by atoms with E-state index in [1.807, 2.05) is 18.2 Å². The number of rotatable bonds is 1. The molecule has 3 nitrogen and oxygen atoms in total. The molecule has 1 saturated heterocycles. The van der Waals surface area contributed by atoms with Gasteiger partial charge in [-0.05, 0) is 24.5 Å². The number of phenols is 1. The highest BCUT2D eigenvalue weighted by atomic mass is 16.3. The zero-order valence-electron chi connectivity index (χ0n) is 9.78. The zero-order valence-corrected chi connectivity index (χ0v) is 9.78. The van der Waals surface area contributed by atoms with E-state index in [9.17, 15) is 9.90 Å². The van der Waals surface area contributed by atoms with Crippen molar-refractivity contribution in [3.63, 3.8) is 0 Å². The van der Waals surface area contributed by atoms with E-state index in [0.717, 1.165) is 31.2 Å². The van der Waals surface area contributed by atoms with E-state index in [1.165, 1.54) is 0 Å². The highest BCUT2D eigenvalue weighted by molar-refractivity contribution is 5.87. The van der Waals surface area contributed by atoms with E-state index in [2.05, 4.69) is 5.32 Å². The molecule has 1 spiro atoms. The monoisotopic (exact) mass is 231 g/mol. The smallest absolute Gasteiger partial charge is 0.226 e. The molecule has 1 saturated carbocycles. The number of para-hydroxylation sites is 1. The van der Waals surface area contributed by atoms with Crippen molar-refractivity contribution in [3.8, 4) is 5.75 Å². The summed E-state index contributed by atoms with van der Waals surface area (Å²) in [6, 6.07) is 7.41. The summed E-state index contributed by atoms with van der Waals surface area (Å²) in [6.07, 6.45) is 4.16. The third kappa shape index (κ3) is 1.45. The van der Waals surface area contributed by atoms with Gasteiger partial charge in [-0.15, -0.1) is 0 Å². The number of carbonyl (C=O) groups excluding carboxylic acids is 1. The molecule has 1 aromatic carbocycles. The Morgan fingerprint density at radius 1 is 1.24 bits per heavy atom.